The first kappa shape index (κ1) is 14.0. The molecule has 1 aliphatic heterocycles. The van der Waals surface area contributed by atoms with Gasteiger partial charge in [-0.15, -0.1) is 0 Å². The molecule has 1 rings (SSSR count). The summed E-state index contributed by atoms with van der Waals surface area (Å²) in [6.07, 6.45) is 3.08. The van der Waals surface area contributed by atoms with E-state index in [0.717, 1.165) is 25.8 Å². The lowest BCUT2D eigenvalue weighted by molar-refractivity contribution is -0.123. The van der Waals surface area contributed by atoms with Crippen LogP contribution in [-0.4, -0.2) is 36.0 Å². The summed E-state index contributed by atoms with van der Waals surface area (Å²) in [7, 11) is 0. The summed E-state index contributed by atoms with van der Waals surface area (Å²) >= 11 is 0. The minimum Gasteiger partial charge on any atom is -0.352 e. The molecule has 0 saturated carbocycles. The van der Waals surface area contributed by atoms with Crippen molar-refractivity contribution in [1.29, 1.82) is 5.26 Å². The molecular weight excluding hydrogens is 214 g/mol. The molecule has 1 N–H and O–H groups in total. The van der Waals surface area contributed by atoms with Gasteiger partial charge in [0.05, 0.1) is 18.7 Å². The molecule has 0 aromatic heterocycles. The van der Waals surface area contributed by atoms with Gasteiger partial charge in [-0.05, 0) is 38.6 Å². The van der Waals surface area contributed by atoms with E-state index >= 15 is 0 Å². The van der Waals surface area contributed by atoms with Crippen molar-refractivity contribution in [2.24, 2.45) is 5.92 Å². The van der Waals surface area contributed by atoms with Crippen LogP contribution in [0, 0.1) is 17.2 Å². The first-order valence-electron chi connectivity index (χ1n) is 6.47. The molecule has 1 heterocycles. The quantitative estimate of drug-likeness (QED) is 0.806. The fraction of sp³-hybridized carbons (Fsp3) is 0.846. The maximum absolute atomic E-state index is 11.8. The summed E-state index contributed by atoms with van der Waals surface area (Å²) in [5.74, 6) is 0.473. The molecule has 2 atom stereocenters. The van der Waals surface area contributed by atoms with Crippen LogP contribution in [0.15, 0.2) is 0 Å². The molecular formula is C13H23N3O. The SMILES string of the molecule is CC(C)C(C)NC(=O)CN1CCCCC1C#N. The Morgan fingerprint density at radius 3 is 2.76 bits per heavy atom. The van der Waals surface area contributed by atoms with Crippen molar-refractivity contribution in [2.75, 3.05) is 13.1 Å². The first-order chi connectivity index (χ1) is 8.04. The van der Waals surface area contributed by atoms with Gasteiger partial charge in [-0.1, -0.05) is 13.8 Å². The highest BCUT2D eigenvalue weighted by Crippen LogP contribution is 2.15. The van der Waals surface area contributed by atoms with Crippen LogP contribution in [0.3, 0.4) is 0 Å². The average Bonchev–Trinajstić information content (AvgIpc) is 2.29. The maximum atomic E-state index is 11.8. The van der Waals surface area contributed by atoms with E-state index in [1.165, 1.54) is 0 Å². The van der Waals surface area contributed by atoms with Gasteiger partial charge in [0.1, 0.15) is 0 Å². The largest absolute Gasteiger partial charge is 0.352 e. The molecule has 0 radical (unpaired) electrons. The fourth-order valence-corrected chi connectivity index (χ4v) is 1.98. The predicted octanol–water partition coefficient (Wildman–Crippen LogP) is 1.53. The molecule has 0 aliphatic carbocycles. The lowest BCUT2D eigenvalue weighted by Crippen LogP contribution is -2.47. The Labute approximate surface area is 104 Å². The van der Waals surface area contributed by atoms with Gasteiger partial charge in [0, 0.05) is 6.04 Å². The number of rotatable bonds is 4. The summed E-state index contributed by atoms with van der Waals surface area (Å²) in [5.41, 5.74) is 0. The molecule has 1 amide bonds. The van der Waals surface area contributed by atoms with Crippen molar-refractivity contribution < 1.29 is 4.79 Å². The van der Waals surface area contributed by atoms with E-state index in [0.29, 0.717) is 12.5 Å². The third kappa shape index (κ3) is 4.35. The molecule has 17 heavy (non-hydrogen) atoms. The summed E-state index contributed by atoms with van der Waals surface area (Å²) in [6, 6.07) is 2.39. The lowest BCUT2D eigenvalue weighted by atomic mass is 10.0. The van der Waals surface area contributed by atoms with E-state index in [2.05, 4.69) is 25.2 Å². The Morgan fingerprint density at radius 1 is 1.47 bits per heavy atom. The molecule has 0 aromatic carbocycles. The molecule has 1 fully saturated rings. The van der Waals surface area contributed by atoms with Crippen LogP contribution >= 0.6 is 0 Å². The Hall–Kier alpha value is -1.08. The van der Waals surface area contributed by atoms with E-state index in [1.807, 2.05) is 11.8 Å². The number of carbonyl (C=O) groups excluding carboxylic acids is 1. The number of likely N-dealkylation sites (tertiary alicyclic amines) is 1. The van der Waals surface area contributed by atoms with Crippen LogP contribution in [0.1, 0.15) is 40.0 Å². The smallest absolute Gasteiger partial charge is 0.234 e. The first-order valence-corrected chi connectivity index (χ1v) is 6.47. The van der Waals surface area contributed by atoms with Gasteiger partial charge in [0.2, 0.25) is 5.91 Å². The Morgan fingerprint density at radius 2 is 2.18 bits per heavy atom. The summed E-state index contributed by atoms with van der Waals surface area (Å²) in [4.78, 5) is 13.8. The van der Waals surface area contributed by atoms with E-state index in [4.69, 9.17) is 5.26 Å². The molecule has 1 aliphatic rings. The number of piperidine rings is 1. The van der Waals surface area contributed by atoms with Crippen molar-refractivity contribution in [3.05, 3.63) is 0 Å². The third-order valence-electron chi connectivity index (χ3n) is 3.50. The van der Waals surface area contributed by atoms with Gasteiger partial charge >= 0.3 is 0 Å². The number of nitrogens with zero attached hydrogens (tertiary/aromatic N) is 2. The second-order valence-electron chi connectivity index (χ2n) is 5.21. The number of nitriles is 1. The highest BCUT2D eigenvalue weighted by Gasteiger charge is 2.24. The maximum Gasteiger partial charge on any atom is 0.234 e. The van der Waals surface area contributed by atoms with Crippen molar-refractivity contribution in [2.45, 2.75) is 52.1 Å². The lowest BCUT2D eigenvalue weighted by Gasteiger charge is -2.31. The van der Waals surface area contributed by atoms with Gasteiger partial charge in [0.25, 0.3) is 0 Å². The molecule has 96 valence electrons. The van der Waals surface area contributed by atoms with E-state index in [9.17, 15) is 4.79 Å². The van der Waals surface area contributed by atoms with Crippen LogP contribution in [0.4, 0.5) is 0 Å². The van der Waals surface area contributed by atoms with Crippen LogP contribution in [-0.2, 0) is 4.79 Å². The third-order valence-corrected chi connectivity index (χ3v) is 3.50. The van der Waals surface area contributed by atoms with Crippen molar-refractivity contribution in [3.63, 3.8) is 0 Å². The van der Waals surface area contributed by atoms with E-state index < -0.39 is 0 Å². The highest BCUT2D eigenvalue weighted by atomic mass is 16.2. The fourth-order valence-electron chi connectivity index (χ4n) is 1.98. The van der Waals surface area contributed by atoms with Crippen LogP contribution in [0.2, 0.25) is 0 Å². The predicted molar refractivity (Wildman–Crippen MR) is 67.3 cm³/mol. The second-order valence-corrected chi connectivity index (χ2v) is 5.21. The number of carbonyl (C=O) groups is 1. The molecule has 1 saturated heterocycles. The number of hydrogen-bond donors (Lipinski definition) is 1. The number of nitrogens with one attached hydrogen (secondary N) is 1. The zero-order chi connectivity index (χ0) is 12.8. The molecule has 2 unspecified atom stereocenters. The second kappa shape index (κ2) is 6.61. The topological polar surface area (TPSA) is 56.1 Å². The van der Waals surface area contributed by atoms with Gasteiger partial charge in [-0.3, -0.25) is 9.69 Å². The van der Waals surface area contributed by atoms with Gasteiger partial charge in [-0.25, -0.2) is 0 Å². The average molecular weight is 237 g/mol. The van der Waals surface area contributed by atoms with Crippen LogP contribution in [0.5, 0.6) is 0 Å². The summed E-state index contributed by atoms with van der Waals surface area (Å²) in [5, 5.41) is 12.0. The molecule has 4 heteroatoms. The number of amides is 1. The molecule has 0 aromatic rings. The summed E-state index contributed by atoms with van der Waals surface area (Å²) in [6.45, 7) is 7.41. The molecule has 4 nitrogen and oxygen atoms in total. The minimum absolute atomic E-state index is 0.0355. The van der Waals surface area contributed by atoms with Crippen LogP contribution < -0.4 is 5.32 Å². The van der Waals surface area contributed by atoms with Gasteiger partial charge in [0.15, 0.2) is 0 Å². The van der Waals surface area contributed by atoms with Crippen molar-refractivity contribution >= 4 is 5.91 Å². The van der Waals surface area contributed by atoms with Crippen LogP contribution in [0.25, 0.3) is 0 Å². The number of hydrogen-bond acceptors (Lipinski definition) is 3. The monoisotopic (exact) mass is 237 g/mol. The van der Waals surface area contributed by atoms with Crippen molar-refractivity contribution in [3.8, 4) is 6.07 Å². The normalized spacial score (nSPS) is 23.1. The molecule has 0 bridgehead atoms. The van der Waals surface area contributed by atoms with Gasteiger partial charge < -0.3 is 5.32 Å². The van der Waals surface area contributed by atoms with Crippen molar-refractivity contribution in [1.82, 2.24) is 10.2 Å². The highest BCUT2D eigenvalue weighted by molar-refractivity contribution is 5.78. The Kier molecular flexibility index (Phi) is 5.43. The van der Waals surface area contributed by atoms with Gasteiger partial charge in [-0.2, -0.15) is 5.26 Å². The minimum atomic E-state index is -0.0798. The zero-order valence-corrected chi connectivity index (χ0v) is 11.1. The zero-order valence-electron chi connectivity index (χ0n) is 11.1. The molecule has 0 spiro atoms. The van der Waals surface area contributed by atoms with E-state index in [1.54, 1.807) is 0 Å². The summed E-state index contributed by atoms with van der Waals surface area (Å²) < 4.78 is 0. The van der Waals surface area contributed by atoms with E-state index in [-0.39, 0.29) is 18.0 Å². The Bertz CT molecular complexity index is 296. The standard InChI is InChI=1S/C13H23N3O/c1-10(2)11(3)15-13(17)9-16-7-5-4-6-12(16)8-14/h10-12H,4-7,9H2,1-3H3,(H,15,17). The Balaban J connectivity index is 2.42.